The van der Waals surface area contributed by atoms with Crippen molar-refractivity contribution in [2.45, 2.75) is 32.0 Å². The van der Waals surface area contributed by atoms with Crippen LogP contribution in [0.1, 0.15) is 29.3 Å². The van der Waals surface area contributed by atoms with Gasteiger partial charge in [0.2, 0.25) is 0 Å². The molecule has 124 valence electrons. The number of likely N-dealkylation sites (tertiary alicyclic amines) is 1. The Morgan fingerprint density at radius 3 is 2.78 bits per heavy atom. The summed E-state index contributed by atoms with van der Waals surface area (Å²) in [6.45, 7) is 2.66. The van der Waals surface area contributed by atoms with Crippen molar-refractivity contribution in [1.29, 1.82) is 0 Å². The summed E-state index contributed by atoms with van der Waals surface area (Å²) in [7, 11) is 1.75. The minimum atomic E-state index is -0.585. The number of aliphatic hydroxyl groups is 1. The number of rotatable bonds is 3. The number of benzene rings is 1. The summed E-state index contributed by atoms with van der Waals surface area (Å²) >= 11 is 6.26. The van der Waals surface area contributed by atoms with Crippen molar-refractivity contribution in [3.05, 3.63) is 51.8 Å². The van der Waals surface area contributed by atoms with E-state index in [9.17, 15) is 13.9 Å². The second-order valence-corrected chi connectivity index (χ2v) is 6.34. The largest absolute Gasteiger partial charge is 0.392 e. The van der Waals surface area contributed by atoms with E-state index in [2.05, 4.69) is 5.10 Å². The lowest BCUT2D eigenvalue weighted by molar-refractivity contribution is 0.172. The standard InChI is InChI=1S/C16H18ClF2N3O/c1-9-13(16(17)21(2)20-9)8-22-7-11(23)6-15(22)12-5-10(18)3-4-14(12)19/h3-5,11,15,23H,6-8H2,1-2H3/t11-,15+/m0/s1. The molecule has 0 amide bonds. The van der Waals surface area contributed by atoms with E-state index in [1.165, 1.54) is 6.07 Å². The summed E-state index contributed by atoms with van der Waals surface area (Å²) in [5, 5.41) is 14.8. The predicted octanol–water partition coefficient (Wildman–Crippen LogP) is 2.97. The Hall–Kier alpha value is -1.50. The fraction of sp³-hybridized carbons (Fsp3) is 0.438. The average Bonchev–Trinajstić information content (AvgIpc) is 2.97. The molecule has 0 aliphatic carbocycles. The van der Waals surface area contributed by atoms with Crippen molar-refractivity contribution in [2.75, 3.05) is 6.54 Å². The molecular weight excluding hydrogens is 324 g/mol. The van der Waals surface area contributed by atoms with Gasteiger partial charge in [0.1, 0.15) is 16.8 Å². The monoisotopic (exact) mass is 341 g/mol. The smallest absolute Gasteiger partial charge is 0.131 e. The fourth-order valence-corrected chi connectivity index (χ4v) is 3.44. The molecule has 2 atom stereocenters. The summed E-state index contributed by atoms with van der Waals surface area (Å²) in [4.78, 5) is 1.92. The lowest BCUT2D eigenvalue weighted by Gasteiger charge is -2.24. The number of aryl methyl sites for hydroxylation is 2. The zero-order valence-corrected chi connectivity index (χ0v) is 13.7. The van der Waals surface area contributed by atoms with Crippen LogP contribution in [0.5, 0.6) is 0 Å². The number of halogens is 3. The average molecular weight is 342 g/mol. The molecule has 23 heavy (non-hydrogen) atoms. The van der Waals surface area contributed by atoms with Crippen LogP contribution < -0.4 is 0 Å². The lowest BCUT2D eigenvalue weighted by Crippen LogP contribution is -2.25. The molecule has 3 rings (SSSR count). The Morgan fingerprint density at radius 1 is 1.39 bits per heavy atom. The van der Waals surface area contributed by atoms with Gasteiger partial charge in [-0.05, 0) is 31.5 Å². The molecule has 0 radical (unpaired) electrons. The van der Waals surface area contributed by atoms with E-state index in [1.54, 1.807) is 11.7 Å². The third kappa shape index (κ3) is 3.11. The predicted molar refractivity (Wildman–Crippen MR) is 83.1 cm³/mol. The number of aliphatic hydroxyl groups excluding tert-OH is 1. The first-order chi connectivity index (χ1) is 10.9. The zero-order chi connectivity index (χ0) is 16.7. The molecule has 1 saturated heterocycles. The third-order valence-electron chi connectivity index (χ3n) is 4.33. The van der Waals surface area contributed by atoms with Crippen LogP contribution in [0.4, 0.5) is 8.78 Å². The molecule has 7 heteroatoms. The number of hydrogen-bond donors (Lipinski definition) is 1. The molecule has 0 bridgehead atoms. The van der Waals surface area contributed by atoms with Gasteiger partial charge in [0, 0.05) is 37.3 Å². The molecule has 0 saturated carbocycles. The fourth-order valence-electron chi connectivity index (χ4n) is 3.20. The highest BCUT2D eigenvalue weighted by Gasteiger charge is 2.34. The topological polar surface area (TPSA) is 41.3 Å². The second kappa shape index (κ2) is 6.19. The quantitative estimate of drug-likeness (QED) is 0.933. The first-order valence-electron chi connectivity index (χ1n) is 7.42. The second-order valence-electron chi connectivity index (χ2n) is 5.98. The normalized spacial score (nSPS) is 22.0. The van der Waals surface area contributed by atoms with Crippen molar-refractivity contribution in [1.82, 2.24) is 14.7 Å². The van der Waals surface area contributed by atoms with Gasteiger partial charge in [-0.1, -0.05) is 11.6 Å². The van der Waals surface area contributed by atoms with Crippen LogP contribution in [0.15, 0.2) is 18.2 Å². The van der Waals surface area contributed by atoms with E-state index in [1.807, 2.05) is 11.8 Å². The number of β-amino-alcohol motifs (C(OH)–C–C–N with tert-alkyl or cyclic N) is 1. The van der Waals surface area contributed by atoms with Gasteiger partial charge >= 0.3 is 0 Å². The van der Waals surface area contributed by atoms with Crippen molar-refractivity contribution in [2.24, 2.45) is 7.05 Å². The summed E-state index contributed by atoms with van der Waals surface area (Å²) in [5.74, 6) is -0.956. The zero-order valence-electron chi connectivity index (χ0n) is 12.9. The number of aromatic nitrogens is 2. The van der Waals surface area contributed by atoms with Crippen LogP contribution in [-0.4, -0.2) is 32.4 Å². The van der Waals surface area contributed by atoms with Gasteiger partial charge in [-0.2, -0.15) is 5.10 Å². The SMILES string of the molecule is Cc1nn(C)c(Cl)c1CN1C[C@@H](O)C[C@@H]1c1cc(F)ccc1F. The van der Waals surface area contributed by atoms with Crippen LogP contribution in [-0.2, 0) is 13.6 Å². The molecule has 1 aromatic carbocycles. The first-order valence-corrected chi connectivity index (χ1v) is 7.79. The highest BCUT2D eigenvalue weighted by Crippen LogP contribution is 2.36. The van der Waals surface area contributed by atoms with E-state index >= 15 is 0 Å². The van der Waals surface area contributed by atoms with E-state index in [-0.39, 0.29) is 5.56 Å². The molecule has 1 aliphatic heterocycles. The Morgan fingerprint density at radius 2 is 2.13 bits per heavy atom. The van der Waals surface area contributed by atoms with E-state index in [4.69, 9.17) is 11.6 Å². The summed E-state index contributed by atoms with van der Waals surface area (Å²) in [6, 6.07) is 3.02. The van der Waals surface area contributed by atoms with Gasteiger partial charge in [0.25, 0.3) is 0 Å². The molecule has 4 nitrogen and oxygen atoms in total. The minimum Gasteiger partial charge on any atom is -0.392 e. The third-order valence-corrected chi connectivity index (χ3v) is 4.80. The van der Waals surface area contributed by atoms with E-state index in [0.717, 1.165) is 23.4 Å². The van der Waals surface area contributed by atoms with Crippen molar-refractivity contribution >= 4 is 11.6 Å². The van der Waals surface area contributed by atoms with Gasteiger partial charge in [0.15, 0.2) is 0 Å². The lowest BCUT2D eigenvalue weighted by atomic mass is 10.0. The van der Waals surface area contributed by atoms with Crippen LogP contribution in [0.3, 0.4) is 0 Å². The van der Waals surface area contributed by atoms with Crippen LogP contribution >= 0.6 is 11.6 Å². The van der Waals surface area contributed by atoms with Gasteiger partial charge in [-0.25, -0.2) is 8.78 Å². The Labute approximate surface area is 138 Å². The molecule has 0 unspecified atom stereocenters. The van der Waals surface area contributed by atoms with Crippen LogP contribution in [0.25, 0.3) is 0 Å². The van der Waals surface area contributed by atoms with Crippen molar-refractivity contribution in [3.8, 4) is 0 Å². The molecule has 1 aromatic heterocycles. The maximum Gasteiger partial charge on any atom is 0.131 e. The Bertz CT molecular complexity index is 734. The van der Waals surface area contributed by atoms with Crippen molar-refractivity contribution in [3.63, 3.8) is 0 Å². The number of hydrogen-bond acceptors (Lipinski definition) is 3. The van der Waals surface area contributed by atoms with Gasteiger partial charge in [0.05, 0.1) is 11.8 Å². The van der Waals surface area contributed by atoms with Crippen molar-refractivity contribution < 1.29 is 13.9 Å². The summed E-state index contributed by atoms with van der Waals surface area (Å²) < 4.78 is 29.2. The van der Waals surface area contributed by atoms with Gasteiger partial charge in [-0.3, -0.25) is 9.58 Å². The maximum atomic E-state index is 14.1. The van der Waals surface area contributed by atoms with Gasteiger partial charge < -0.3 is 5.11 Å². The molecule has 1 N–H and O–H groups in total. The highest BCUT2D eigenvalue weighted by molar-refractivity contribution is 6.30. The molecular formula is C16H18ClF2N3O. The molecule has 1 aliphatic rings. The molecule has 2 aromatic rings. The Kier molecular flexibility index (Phi) is 4.40. The van der Waals surface area contributed by atoms with E-state index < -0.39 is 23.8 Å². The highest BCUT2D eigenvalue weighted by atomic mass is 35.5. The summed E-state index contributed by atoms with van der Waals surface area (Å²) in [6.07, 6.45) is -0.226. The molecule has 0 spiro atoms. The van der Waals surface area contributed by atoms with E-state index in [0.29, 0.717) is 24.7 Å². The van der Waals surface area contributed by atoms with Crippen LogP contribution in [0, 0.1) is 18.6 Å². The molecule has 2 heterocycles. The first kappa shape index (κ1) is 16.4. The summed E-state index contributed by atoms with van der Waals surface area (Å²) in [5.41, 5.74) is 1.89. The maximum absolute atomic E-state index is 14.1. The number of nitrogens with zero attached hydrogens (tertiary/aromatic N) is 3. The Balaban J connectivity index is 1.92. The molecule has 1 fully saturated rings. The minimum absolute atomic E-state index is 0.263. The van der Waals surface area contributed by atoms with Gasteiger partial charge in [-0.15, -0.1) is 0 Å². The van der Waals surface area contributed by atoms with Crippen LogP contribution in [0.2, 0.25) is 5.15 Å².